The Morgan fingerprint density at radius 3 is 2.82 bits per heavy atom. The van der Waals surface area contributed by atoms with Crippen LogP contribution < -0.4 is 10.1 Å². The Kier molecular flexibility index (Phi) is 4.45. The first-order chi connectivity index (χ1) is 8.13. The van der Waals surface area contributed by atoms with Gasteiger partial charge in [0.2, 0.25) is 0 Å². The van der Waals surface area contributed by atoms with Crippen molar-refractivity contribution < 1.29 is 19.4 Å². The highest BCUT2D eigenvalue weighted by molar-refractivity contribution is 5.85. The lowest BCUT2D eigenvalue weighted by Gasteiger charge is -2.04. The van der Waals surface area contributed by atoms with Crippen molar-refractivity contribution in [2.45, 2.75) is 0 Å². The zero-order valence-electron chi connectivity index (χ0n) is 8.71. The van der Waals surface area contributed by atoms with E-state index in [9.17, 15) is 9.59 Å². The molecule has 2 N–H and O–H groups in total. The molecule has 88 valence electrons. The number of pyridine rings is 1. The van der Waals surface area contributed by atoms with Gasteiger partial charge in [-0.15, -0.1) is 0 Å². The van der Waals surface area contributed by atoms with Crippen LogP contribution in [-0.2, 0) is 4.79 Å². The van der Waals surface area contributed by atoms with Crippen LogP contribution in [-0.4, -0.2) is 35.1 Å². The van der Waals surface area contributed by atoms with Gasteiger partial charge in [-0.3, -0.25) is 4.79 Å². The molecule has 1 amide bonds. The Balaban J connectivity index is 2.45. The number of carbonyl (C=O) groups excluding carboxylic acids is 1. The summed E-state index contributed by atoms with van der Waals surface area (Å²) in [5.41, 5.74) is -0.105. The summed E-state index contributed by atoms with van der Waals surface area (Å²) >= 11 is 0. The smallest absolute Gasteiger partial charge is 0.354 e. The molecule has 0 aromatic carbocycles. The van der Waals surface area contributed by atoms with Gasteiger partial charge in [-0.25, -0.2) is 9.78 Å². The largest absolute Gasteiger partial charge is 0.482 e. The molecule has 0 unspecified atom stereocenters. The first kappa shape index (κ1) is 12.4. The number of amides is 1. The minimum atomic E-state index is -1.14. The van der Waals surface area contributed by atoms with E-state index in [1.54, 1.807) is 6.07 Å². The van der Waals surface area contributed by atoms with Gasteiger partial charge in [0, 0.05) is 0 Å². The zero-order chi connectivity index (χ0) is 12.7. The van der Waals surface area contributed by atoms with Crippen molar-refractivity contribution in [2.75, 3.05) is 13.2 Å². The van der Waals surface area contributed by atoms with Crippen LogP contribution in [0.5, 0.6) is 5.75 Å². The molecule has 0 fully saturated rings. The lowest BCUT2D eigenvalue weighted by atomic mass is 10.3. The second kappa shape index (κ2) is 6.07. The van der Waals surface area contributed by atoms with E-state index in [0.29, 0.717) is 0 Å². The number of nitriles is 1. The maximum absolute atomic E-state index is 11.0. The minimum absolute atomic E-state index is 0.0849. The van der Waals surface area contributed by atoms with Gasteiger partial charge >= 0.3 is 5.97 Å². The molecule has 0 aliphatic rings. The Hall–Kier alpha value is -2.62. The summed E-state index contributed by atoms with van der Waals surface area (Å²) in [4.78, 5) is 25.2. The summed E-state index contributed by atoms with van der Waals surface area (Å²) in [6.07, 6.45) is 1.21. The molecule has 7 heteroatoms. The highest BCUT2D eigenvalue weighted by atomic mass is 16.5. The number of nitrogens with zero attached hydrogens (tertiary/aromatic N) is 2. The molecule has 1 aromatic heterocycles. The second-order valence-electron chi connectivity index (χ2n) is 2.91. The predicted molar refractivity (Wildman–Crippen MR) is 55.3 cm³/mol. The number of nitrogens with one attached hydrogen (secondary N) is 1. The molecule has 0 saturated carbocycles. The van der Waals surface area contributed by atoms with Crippen molar-refractivity contribution in [3.63, 3.8) is 0 Å². The van der Waals surface area contributed by atoms with E-state index in [2.05, 4.69) is 10.3 Å². The van der Waals surface area contributed by atoms with E-state index in [4.69, 9.17) is 15.1 Å². The molecule has 0 saturated heterocycles. The Morgan fingerprint density at radius 1 is 1.53 bits per heavy atom. The van der Waals surface area contributed by atoms with Crippen molar-refractivity contribution in [2.24, 2.45) is 0 Å². The normalized spacial score (nSPS) is 9.12. The van der Waals surface area contributed by atoms with Crippen molar-refractivity contribution >= 4 is 11.9 Å². The first-order valence-corrected chi connectivity index (χ1v) is 4.59. The fraction of sp³-hybridized carbons (Fsp3) is 0.200. The molecular formula is C10H9N3O4. The number of hydrogen-bond donors (Lipinski definition) is 2. The number of carbonyl (C=O) groups is 2. The quantitative estimate of drug-likeness (QED) is 0.683. The predicted octanol–water partition coefficient (Wildman–Crippen LogP) is -0.202. The van der Waals surface area contributed by atoms with Crippen LogP contribution in [0, 0.1) is 11.3 Å². The molecule has 1 heterocycles. The Morgan fingerprint density at radius 2 is 2.29 bits per heavy atom. The average Bonchev–Trinajstić information content (AvgIpc) is 2.34. The third-order valence-electron chi connectivity index (χ3n) is 1.69. The fourth-order valence-corrected chi connectivity index (χ4v) is 0.930. The lowest BCUT2D eigenvalue weighted by Crippen LogP contribution is -2.29. The third-order valence-corrected chi connectivity index (χ3v) is 1.69. The number of rotatable bonds is 5. The van der Waals surface area contributed by atoms with Crippen LogP contribution in [0.4, 0.5) is 0 Å². The van der Waals surface area contributed by atoms with Gasteiger partial charge in [-0.1, -0.05) is 0 Å². The fourth-order valence-electron chi connectivity index (χ4n) is 0.930. The molecule has 1 rings (SSSR count). The minimum Gasteiger partial charge on any atom is -0.482 e. The summed E-state index contributed by atoms with van der Waals surface area (Å²) in [5.74, 6) is -1.29. The van der Waals surface area contributed by atoms with E-state index < -0.39 is 11.9 Å². The number of carboxylic acid groups (broad SMARTS) is 1. The maximum atomic E-state index is 11.0. The highest BCUT2D eigenvalue weighted by Crippen LogP contribution is 2.08. The van der Waals surface area contributed by atoms with Gasteiger partial charge in [-0.2, -0.15) is 5.26 Å². The highest BCUT2D eigenvalue weighted by Gasteiger charge is 2.05. The average molecular weight is 235 g/mol. The van der Waals surface area contributed by atoms with Crippen LogP contribution in [0.3, 0.4) is 0 Å². The van der Waals surface area contributed by atoms with Gasteiger partial charge in [0.1, 0.15) is 18.0 Å². The SMILES string of the molecule is N#CCNC(=O)COc1ccc(C(=O)O)nc1. The van der Waals surface area contributed by atoms with Gasteiger partial charge in [-0.05, 0) is 12.1 Å². The van der Waals surface area contributed by atoms with Crippen LogP contribution in [0.25, 0.3) is 0 Å². The lowest BCUT2D eigenvalue weighted by molar-refractivity contribution is -0.122. The molecule has 1 aromatic rings. The van der Waals surface area contributed by atoms with Crippen LogP contribution >= 0.6 is 0 Å². The molecule has 0 aliphatic heterocycles. The second-order valence-corrected chi connectivity index (χ2v) is 2.91. The van der Waals surface area contributed by atoms with Crippen molar-refractivity contribution in [3.8, 4) is 11.8 Å². The number of carboxylic acids is 1. The van der Waals surface area contributed by atoms with E-state index in [0.717, 1.165) is 0 Å². The molecule has 0 atom stereocenters. The number of hydrogen-bond acceptors (Lipinski definition) is 5. The monoisotopic (exact) mass is 235 g/mol. The van der Waals surface area contributed by atoms with E-state index in [-0.39, 0.29) is 24.6 Å². The first-order valence-electron chi connectivity index (χ1n) is 4.59. The summed E-state index contributed by atoms with van der Waals surface area (Å²) in [6, 6.07) is 4.42. The topological polar surface area (TPSA) is 112 Å². The molecule has 0 spiro atoms. The van der Waals surface area contributed by atoms with Gasteiger partial charge < -0.3 is 15.2 Å². The van der Waals surface area contributed by atoms with E-state index in [1.165, 1.54) is 18.3 Å². The van der Waals surface area contributed by atoms with Crippen LogP contribution in [0.15, 0.2) is 18.3 Å². The Labute approximate surface area is 96.6 Å². The van der Waals surface area contributed by atoms with E-state index >= 15 is 0 Å². The summed E-state index contributed by atoms with van der Waals surface area (Å²) in [6.45, 7) is -0.339. The molecule has 17 heavy (non-hydrogen) atoms. The summed E-state index contributed by atoms with van der Waals surface area (Å²) < 4.78 is 5.02. The molecule has 0 aliphatic carbocycles. The van der Waals surface area contributed by atoms with Crippen molar-refractivity contribution in [3.05, 3.63) is 24.0 Å². The van der Waals surface area contributed by atoms with Crippen molar-refractivity contribution in [1.82, 2.24) is 10.3 Å². The summed E-state index contributed by atoms with van der Waals surface area (Å²) in [7, 11) is 0. The van der Waals surface area contributed by atoms with Gasteiger partial charge in [0.25, 0.3) is 5.91 Å². The molecule has 0 radical (unpaired) electrons. The Bertz CT molecular complexity index is 450. The third kappa shape index (κ3) is 4.17. The molecule has 7 nitrogen and oxygen atoms in total. The van der Waals surface area contributed by atoms with Crippen molar-refractivity contribution in [1.29, 1.82) is 5.26 Å². The summed E-state index contributed by atoms with van der Waals surface area (Å²) in [5, 5.41) is 19.1. The van der Waals surface area contributed by atoms with Crippen LogP contribution in [0.2, 0.25) is 0 Å². The van der Waals surface area contributed by atoms with Crippen LogP contribution in [0.1, 0.15) is 10.5 Å². The van der Waals surface area contributed by atoms with Gasteiger partial charge in [0.05, 0.1) is 12.3 Å². The number of aromatic nitrogens is 1. The maximum Gasteiger partial charge on any atom is 0.354 e. The zero-order valence-corrected chi connectivity index (χ0v) is 8.71. The van der Waals surface area contributed by atoms with E-state index in [1.807, 2.05) is 0 Å². The number of aromatic carboxylic acids is 1. The van der Waals surface area contributed by atoms with Gasteiger partial charge in [0.15, 0.2) is 6.61 Å². The number of ether oxygens (including phenoxy) is 1. The standard InChI is InChI=1S/C10H9N3O4/c11-3-4-12-9(14)6-17-7-1-2-8(10(15)16)13-5-7/h1-2,5H,4,6H2,(H,12,14)(H,15,16). The molecule has 0 bridgehead atoms. The molecular weight excluding hydrogens is 226 g/mol.